The maximum atomic E-state index is 13.3. The normalized spacial score (nSPS) is 15.1. The topological polar surface area (TPSA) is 128 Å². The summed E-state index contributed by atoms with van der Waals surface area (Å²) in [4.78, 5) is 34.4. The van der Waals surface area contributed by atoms with Crippen molar-refractivity contribution >= 4 is 23.0 Å². The van der Waals surface area contributed by atoms with Crippen LogP contribution in [0.4, 0.5) is 11.4 Å². The van der Waals surface area contributed by atoms with Crippen LogP contribution in [0.5, 0.6) is 5.75 Å². The number of nitro groups is 2. The number of carbonyl (C=O) groups is 1. The molecule has 166 valence electrons. The Hall–Kier alpha value is -4.60. The zero-order valence-corrected chi connectivity index (χ0v) is 17.5. The highest BCUT2D eigenvalue weighted by atomic mass is 16.6. The van der Waals surface area contributed by atoms with E-state index >= 15 is 0 Å². The molecule has 33 heavy (non-hydrogen) atoms. The Kier molecular flexibility index (Phi) is 5.81. The molecule has 1 unspecified atom stereocenters. The molecule has 1 aliphatic rings. The molecule has 0 aromatic heterocycles. The summed E-state index contributed by atoms with van der Waals surface area (Å²) >= 11 is 0. The Morgan fingerprint density at radius 3 is 2.24 bits per heavy atom. The predicted octanol–water partition coefficient (Wildman–Crippen LogP) is 4.50. The van der Waals surface area contributed by atoms with Crippen LogP contribution in [0.1, 0.15) is 33.9 Å². The summed E-state index contributed by atoms with van der Waals surface area (Å²) in [7, 11) is 1.56. The average Bonchev–Trinajstić information content (AvgIpc) is 3.29. The summed E-state index contributed by atoms with van der Waals surface area (Å²) in [5.74, 6) is 0.166. The summed E-state index contributed by atoms with van der Waals surface area (Å²) in [6.07, 6.45) is 0.366. The van der Waals surface area contributed by atoms with Crippen molar-refractivity contribution in [3.8, 4) is 5.75 Å². The van der Waals surface area contributed by atoms with E-state index in [0.29, 0.717) is 23.4 Å². The Morgan fingerprint density at radius 2 is 1.64 bits per heavy atom. The highest BCUT2D eigenvalue weighted by Crippen LogP contribution is 2.35. The minimum Gasteiger partial charge on any atom is -0.497 e. The Morgan fingerprint density at radius 1 is 0.970 bits per heavy atom. The van der Waals surface area contributed by atoms with E-state index in [-0.39, 0.29) is 16.9 Å². The average molecular weight is 446 g/mol. The van der Waals surface area contributed by atoms with Crippen LogP contribution in [-0.4, -0.2) is 33.6 Å². The van der Waals surface area contributed by atoms with E-state index in [2.05, 4.69) is 5.10 Å². The Bertz CT molecular complexity index is 1250. The third-order valence-electron chi connectivity index (χ3n) is 5.33. The smallest absolute Gasteiger partial charge is 0.274 e. The molecule has 1 atom stereocenters. The molecule has 3 aromatic rings. The number of ether oxygens (including phenoxy) is 1. The van der Waals surface area contributed by atoms with Gasteiger partial charge < -0.3 is 4.74 Å². The highest BCUT2D eigenvalue weighted by molar-refractivity contribution is 6.05. The maximum absolute atomic E-state index is 13.3. The molecular weight excluding hydrogens is 428 g/mol. The number of hydrogen-bond donors (Lipinski definition) is 0. The van der Waals surface area contributed by atoms with E-state index < -0.39 is 21.8 Å². The fourth-order valence-corrected chi connectivity index (χ4v) is 3.62. The van der Waals surface area contributed by atoms with Gasteiger partial charge in [-0.1, -0.05) is 18.2 Å². The number of nitrogens with zero attached hydrogens (tertiary/aromatic N) is 4. The Balaban J connectivity index is 1.72. The second kappa shape index (κ2) is 8.87. The van der Waals surface area contributed by atoms with Gasteiger partial charge in [-0.05, 0) is 41.5 Å². The van der Waals surface area contributed by atoms with Gasteiger partial charge in [0, 0.05) is 36.2 Å². The van der Waals surface area contributed by atoms with Crippen molar-refractivity contribution in [1.82, 2.24) is 5.01 Å². The lowest BCUT2D eigenvalue weighted by Crippen LogP contribution is -2.27. The first-order chi connectivity index (χ1) is 15.9. The van der Waals surface area contributed by atoms with E-state index in [4.69, 9.17) is 4.74 Å². The number of hydrazone groups is 1. The van der Waals surface area contributed by atoms with Crippen molar-refractivity contribution in [3.05, 3.63) is 110 Å². The molecule has 0 fully saturated rings. The minimum absolute atomic E-state index is 0.0652. The van der Waals surface area contributed by atoms with Crippen molar-refractivity contribution in [2.75, 3.05) is 7.11 Å². The van der Waals surface area contributed by atoms with Crippen LogP contribution < -0.4 is 4.74 Å². The molecule has 0 radical (unpaired) electrons. The summed E-state index contributed by atoms with van der Waals surface area (Å²) in [5.41, 5.74) is 1.94. The third-order valence-corrected chi connectivity index (χ3v) is 5.33. The second-order valence-electron chi connectivity index (χ2n) is 7.30. The minimum atomic E-state index is -0.569. The van der Waals surface area contributed by atoms with Crippen molar-refractivity contribution < 1.29 is 19.4 Å². The van der Waals surface area contributed by atoms with Gasteiger partial charge in [0.05, 0.1) is 28.7 Å². The SMILES string of the molecule is COc1ccc(C2=NN(C(=O)c3cccc([N+](=O)[O-])c3)C(c3ccc([N+](=O)[O-])cc3)C2)cc1. The summed E-state index contributed by atoms with van der Waals surface area (Å²) in [5, 5.41) is 28.0. The van der Waals surface area contributed by atoms with Gasteiger partial charge >= 0.3 is 0 Å². The van der Waals surface area contributed by atoms with Crippen LogP contribution in [0, 0.1) is 20.2 Å². The van der Waals surface area contributed by atoms with Crippen LogP contribution in [0.3, 0.4) is 0 Å². The monoisotopic (exact) mass is 446 g/mol. The molecule has 0 bridgehead atoms. The molecule has 0 spiro atoms. The molecule has 10 nitrogen and oxygen atoms in total. The van der Waals surface area contributed by atoms with Gasteiger partial charge in [0.1, 0.15) is 5.75 Å². The molecule has 10 heteroatoms. The second-order valence-corrected chi connectivity index (χ2v) is 7.30. The fourth-order valence-electron chi connectivity index (χ4n) is 3.62. The molecule has 0 N–H and O–H groups in total. The first-order valence-electron chi connectivity index (χ1n) is 9.91. The predicted molar refractivity (Wildman–Crippen MR) is 119 cm³/mol. The summed E-state index contributed by atoms with van der Waals surface area (Å²) in [6.45, 7) is 0. The van der Waals surface area contributed by atoms with Crippen LogP contribution in [0.15, 0.2) is 77.9 Å². The fraction of sp³-hybridized carbons (Fsp3) is 0.130. The lowest BCUT2D eigenvalue weighted by atomic mass is 9.98. The van der Waals surface area contributed by atoms with Crippen LogP contribution in [-0.2, 0) is 0 Å². The molecule has 0 saturated carbocycles. The molecule has 0 aliphatic carbocycles. The van der Waals surface area contributed by atoms with Crippen LogP contribution in [0.25, 0.3) is 0 Å². The summed E-state index contributed by atoms with van der Waals surface area (Å²) < 4.78 is 5.19. The van der Waals surface area contributed by atoms with Crippen molar-refractivity contribution in [2.24, 2.45) is 5.10 Å². The van der Waals surface area contributed by atoms with Gasteiger partial charge in [0.25, 0.3) is 17.3 Å². The number of methoxy groups -OCH3 is 1. The molecule has 4 rings (SSSR count). The molecule has 1 aliphatic heterocycles. The molecule has 1 heterocycles. The number of amides is 1. The van der Waals surface area contributed by atoms with E-state index in [1.807, 2.05) is 12.1 Å². The van der Waals surface area contributed by atoms with Gasteiger partial charge in [0.2, 0.25) is 0 Å². The van der Waals surface area contributed by atoms with Crippen LogP contribution in [0.2, 0.25) is 0 Å². The van der Waals surface area contributed by atoms with Gasteiger partial charge in [-0.3, -0.25) is 25.0 Å². The lowest BCUT2D eigenvalue weighted by Gasteiger charge is -2.22. The third kappa shape index (κ3) is 4.40. The van der Waals surface area contributed by atoms with Crippen molar-refractivity contribution in [1.29, 1.82) is 0 Å². The van der Waals surface area contributed by atoms with Crippen LogP contribution >= 0.6 is 0 Å². The van der Waals surface area contributed by atoms with Crippen molar-refractivity contribution in [3.63, 3.8) is 0 Å². The molecule has 3 aromatic carbocycles. The highest BCUT2D eigenvalue weighted by Gasteiger charge is 2.34. The van der Waals surface area contributed by atoms with Gasteiger partial charge in [-0.2, -0.15) is 5.10 Å². The number of carbonyl (C=O) groups excluding carboxylic acids is 1. The quantitative estimate of drug-likeness (QED) is 0.405. The number of non-ortho nitro benzene ring substituents is 2. The van der Waals surface area contributed by atoms with Gasteiger partial charge in [0.15, 0.2) is 0 Å². The maximum Gasteiger partial charge on any atom is 0.274 e. The van der Waals surface area contributed by atoms with E-state index in [1.54, 1.807) is 31.4 Å². The Labute approximate surface area is 188 Å². The first kappa shape index (κ1) is 21.6. The lowest BCUT2D eigenvalue weighted by molar-refractivity contribution is -0.385. The number of hydrogen-bond acceptors (Lipinski definition) is 7. The summed E-state index contributed by atoms with van der Waals surface area (Å²) in [6, 6.07) is 18.0. The zero-order valence-electron chi connectivity index (χ0n) is 17.5. The standard InChI is InChI=1S/C23H18N4O6/c1-33-20-11-7-15(8-12-20)21-14-22(16-5-9-18(10-6-16)26(29)30)25(24-21)23(28)17-3-2-4-19(13-17)27(31)32/h2-13,22H,14H2,1H3. The number of nitro benzene ring substituents is 2. The molecule has 0 saturated heterocycles. The number of benzene rings is 3. The molecule has 1 amide bonds. The van der Waals surface area contributed by atoms with Gasteiger partial charge in [-0.25, -0.2) is 5.01 Å². The first-order valence-corrected chi connectivity index (χ1v) is 9.91. The van der Waals surface area contributed by atoms with Gasteiger partial charge in [-0.15, -0.1) is 0 Å². The zero-order chi connectivity index (χ0) is 23.5. The van der Waals surface area contributed by atoms with E-state index in [9.17, 15) is 25.0 Å². The molecular formula is C23H18N4O6. The van der Waals surface area contributed by atoms with E-state index in [1.165, 1.54) is 41.4 Å². The number of rotatable bonds is 6. The van der Waals surface area contributed by atoms with Crippen molar-refractivity contribution in [2.45, 2.75) is 12.5 Å². The largest absolute Gasteiger partial charge is 0.497 e. The van der Waals surface area contributed by atoms with E-state index in [0.717, 1.165) is 5.56 Å².